The van der Waals surface area contributed by atoms with E-state index in [2.05, 4.69) is 62.0 Å². The molecule has 2 aromatic heterocycles. The lowest BCUT2D eigenvalue weighted by Crippen LogP contribution is -2.25. The van der Waals surface area contributed by atoms with Crippen LogP contribution in [0, 0.1) is 6.92 Å². The molecule has 1 atom stereocenters. The molecule has 3 aromatic carbocycles. The Morgan fingerprint density at radius 3 is 2.75 bits per heavy atom. The van der Waals surface area contributed by atoms with Crippen LogP contribution in [0.4, 0.5) is 0 Å². The van der Waals surface area contributed by atoms with Crippen molar-refractivity contribution in [2.24, 2.45) is 7.05 Å². The molecule has 3 heterocycles. The second-order valence-electron chi connectivity index (χ2n) is 8.83. The Morgan fingerprint density at radius 2 is 1.84 bits per heavy atom. The van der Waals surface area contributed by atoms with Crippen LogP contribution in [0.3, 0.4) is 0 Å². The van der Waals surface area contributed by atoms with Crippen molar-refractivity contribution in [3.05, 3.63) is 88.0 Å². The number of benzene rings is 3. The zero-order chi connectivity index (χ0) is 21.8. The van der Waals surface area contributed by atoms with Gasteiger partial charge in [0.1, 0.15) is 0 Å². The highest BCUT2D eigenvalue weighted by Crippen LogP contribution is 2.36. The SMILES string of the molecule is Cc1ccc2c(c1)c(=O)n(C)c1nnc(CN3CCCC3c3cccc4ccccc34)n21. The molecular formula is C26H25N5O. The van der Waals surface area contributed by atoms with Crippen LogP contribution >= 0.6 is 0 Å². The van der Waals surface area contributed by atoms with Crippen LogP contribution in [0.15, 0.2) is 65.5 Å². The third-order valence-corrected chi connectivity index (χ3v) is 6.83. The highest BCUT2D eigenvalue weighted by Gasteiger charge is 2.29. The van der Waals surface area contributed by atoms with Gasteiger partial charge in [-0.05, 0) is 54.8 Å². The van der Waals surface area contributed by atoms with Gasteiger partial charge in [-0.15, -0.1) is 10.2 Å². The maximum atomic E-state index is 12.9. The van der Waals surface area contributed by atoms with Gasteiger partial charge in [-0.25, -0.2) is 0 Å². The van der Waals surface area contributed by atoms with E-state index in [9.17, 15) is 4.79 Å². The van der Waals surface area contributed by atoms with Crippen molar-refractivity contribution in [3.8, 4) is 0 Å². The molecule has 1 unspecified atom stereocenters. The van der Waals surface area contributed by atoms with Gasteiger partial charge in [-0.3, -0.25) is 18.7 Å². The second kappa shape index (κ2) is 7.28. The molecule has 6 heteroatoms. The molecule has 1 aliphatic rings. The summed E-state index contributed by atoms with van der Waals surface area (Å²) >= 11 is 0. The minimum absolute atomic E-state index is 0.0371. The number of aryl methyl sites for hydroxylation is 2. The lowest BCUT2D eigenvalue weighted by molar-refractivity contribution is 0.243. The summed E-state index contributed by atoms with van der Waals surface area (Å²) in [5.74, 6) is 1.46. The molecule has 0 saturated carbocycles. The second-order valence-corrected chi connectivity index (χ2v) is 8.83. The van der Waals surface area contributed by atoms with Gasteiger partial charge in [-0.1, -0.05) is 54.1 Å². The van der Waals surface area contributed by atoms with E-state index in [1.165, 1.54) is 16.3 Å². The Bertz CT molecular complexity index is 1540. The van der Waals surface area contributed by atoms with Crippen LogP contribution in [-0.2, 0) is 13.6 Å². The fraction of sp³-hybridized carbons (Fsp3) is 0.269. The molecule has 0 aliphatic carbocycles. The van der Waals surface area contributed by atoms with E-state index in [4.69, 9.17) is 0 Å². The van der Waals surface area contributed by atoms with E-state index in [-0.39, 0.29) is 5.56 Å². The highest BCUT2D eigenvalue weighted by atomic mass is 16.1. The zero-order valence-electron chi connectivity index (χ0n) is 18.3. The first-order valence-corrected chi connectivity index (χ1v) is 11.2. The molecule has 6 nitrogen and oxygen atoms in total. The van der Waals surface area contributed by atoms with Gasteiger partial charge in [0.2, 0.25) is 5.78 Å². The van der Waals surface area contributed by atoms with Crippen molar-refractivity contribution < 1.29 is 0 Å². The molecule has 0 bridgehead atoms. The zero-order valence-corrected chi connectivity index (χ0v) is 18.3. The van der Waals surface area contributed by atoms with E-state index in [0.717, 1.165) is 36.3 Å². The monoisotopic (exact) mass is 423 g/mol. The summed E-state index contributed by atoms with van der Waals surface area (Å²) in [6.07, 6.45) is 2.28. The quantitative estimate of drug-likeness (QED) is 0.432. The molecule has 32 heavy (non-hydrogen) atoms. The molecule has 160 valence electrons. The van der Waals surface area contributed by atoms with E-state index < -0.39 is 0 Å². The first-order chi connectivity index (χ1) is 15.6. The van der Waals surface area contributed by atoms with Crippen molar-refractivity contribution in [3.63, 3.8) is 0 Å². The summed E-state index contributed by atoms with van der Waals surface area (Å²) in [5.41, 5.74) is 3.28. The van der Waals surface area contributed by atoms with Gasteiger partial charge >= 0.3 is 0 Å². The Balaban J connectivity index is 1.46. The van der Waals surface area contributed by atoms with Crippen LogP contribution in [0.1, 0.15) is 35.8 Å². The summed E-state index contributed by atoms with van der Waals surface area (Å²) in [7, 11) is 1.77. The van der Waals surface area contributed by atoms with E-state index in [0.29, 0.717) is 23.8 Å². The Kier molecular flexibility index (Phi) is 4.36. The van der Waals surface area contributed by atoms with Crippen LogP contribution < -0.4 is 5.56 Å². The average molecular weight is 424 g/mol. The predicted molar refractivity (Wildman–Crippen MR) is 127 cm³/mol. The standard InChI is InChI=1S/C26H25N5O/c1-17-12-13-23-21(15-17)25(32)29(2)26-28-27-24(31(23)26)16-30-14-6-11-22(30)20-10-5-8-18-7-3-4-9-19(18)20/h3-5,7-10,12-13,15,22H,6,11,14,16H2,1-2H3. The summed E-state index contributed by atoms with van der Waals surface area (Å²) < 4.78 is 3.65. The summed E-state index contributed by atoms with van der Waals surface area (Å²) in [4.78, 5) is 15.4. The van der Waals surface area contributed by atoms with Gasteiger partial charge in [0.05, 0.1) is 17.4 Å². The van der Waals surface area contributed by atoms with Crippen LogP contribution in [-0.4, -0.2) is 30.6 Å². The normalized spacial score (nSPS) is 17.1. The topological polar surface area (TPSA) is 55.4 Å². The largest absolute Gasteiger partial charge is 0.289 e. The van der Waals surface area contributed by atoms with E-state index in [1.807, 2.05) is 25.1 Å². The maximum absolute atomic E-state index is 12.9. The molecule has 1 saturated heterocycles. The minimum Gasteiger partial charge on any atom is -0.289 e. The molecule has 0 spiro atoms. The Morgan fingerprint density at radius 1 is 1.00 bits per heavy atom. The molecule has 5 aromatic rings. The number of fused-ring (bicyclic) bond motifs is 4. The van der Waals surface area contributed by atoms with Gasteiger partial charge in [0.15, 0.2) is 5.82 Å². The van der Waals surface area contributed by atoms with Crippen molar-refractivity contribution in [2.45, 2.75) is 32.4 Å². The number of rotatable bonds is 3. The summed E-state index contributed by atoms with van der Waals surface area (Å²) in [6, 6.07) is 21.6. The third-order valence-electron chi connectivity index (χ3n) is 6.83. The molecule has 1 fully saturated rings. The van der Waals surface area contributed by atoms with Crippen LogP contribution in [0.5, 0.6) is 0 Å². The first kappa shape index (κ1) is 19.2. The lowest BCUT2D eigenvalue weighted by Gasteiger charge is -2.25. The summed E-state index contributed by atoms with van der Waals surface area (Å²) in [6.45, 7) is 3.72. The minimum atomic E-state index is -0.0371. The number of hydrogen-bond acceptors (Lipinski definition) is 4. The number of aromatic nitrogens is 4. The van der Waals surface area contributed by atoms with Crippen molar-refractivity contribution in [2.75, 3.05) is 6.54 Å². The smallest absolute Gasteiger partial charge is 0.262 e. The molecule has 0 N–H and O–H groups in total. The fourth-order valence-electron chi connectivity index (χ4n) is 5.25. The van der Waals surface area contributed by atoms with Crippen molar-refractivity contribution >= 4 is 27.5 Å². The molecular weight excluding hydrogens is 398 g/mol. The third kappa shape index (κ3) is 2.87. The first-order valence-electron chi connectivity index (χ1n) is 11.2. The average Bonchev–Trinajstić information content (AvgIpc) is 3.45. The van der Waals surface area contributed by atoms with Crippen LogP contribution in [0.2, 0.25) is 0 Å². The number of hydrogen-bond donors (Lipinski definition) is 0. The van der Waals surface area contributed by atoms with Crippen LogP contribution in [0.25, 0.3) is 27.5 Å². The van der Waals surface area contributed by atoms with E-state index >= 15 is 0 Å². The molecule has 0 amide bonds. The van der Waals surface area contributed by atoms with Crippen molar-refractivity contribution in [1.29, 1.82) is 0 Å². The molecule has 0 radical (unpaired) electrons. The Hall–Kier alpha value is -3.51. The highest BCUT2D eigenvalue weighted by molar-refractivity contribution is 5.86. The Labute approximate surface area is 185 Å². The summed E-state index contributed by atoms with van der Waals surface area (Å²) in [5, 5.41) is 12.2. The van der Waals surface area contributed by atoms with Gasteiger partial charge in [0.25, 0.3) is 5.56 Å². The predicted octanol–water partition coefficient (Wildman–Crippen LogP) is 4.38. The lowest BCUT2D eigenvalue weighted by atomic mass is 9.97. The number of likely N-dealkylation sites (tertiary alicyclic amines) is 1. The van der Waals surface area contributed by atoms with Gasteiger partial charge in [0, 0.05) is 13.1 Å². The van der Waals surface area contributed by atoms with Gasteiger partial charge in [-0.2, -0.15) is 0 Å². The van der Waals surface area contributed by atoms with E-state index in [1.54, 1.807) is 11.6 Å². The fourth-order valence-corrected chi connectivity index (χ4v) is 5.25. The molecule has 1 aliphatic heterocycles. The number of nitrogens with zero attached hydrogens (tertiary/aromatic N) is 5. The van der Waals surface area contributed by atoms with Crippen molar-refractivity contribution in [1.82, 2.24) is 24.1 Å². The molecule has 6 rings (SSSR count). The maximum Gasteiger partial charge on any atom is 0.262 e. The van der Waals surface area contributed by atoms with Gasteiger partial charge < -0.3 is 0 Å².